The minimum atomic E-state index is -3.52. The van der Waals surface area contributed by atoms with Crippen molar-refractivity contribution in [3.63, 3.8) is 0 Å². The molecule has 1 N–H and O–H groups in total. The van der Waals surface area contributed by atoms with Crippen LogP contribution in [-0.4, -0.2) is 18.4 Å². The number of sulfonamides is 1. The zero-order chi connectivity index (χ0) is 15.7. The Labute approximate surface area is 140 Å². The highest BCUT2D eigenvalue weighted by atomic mass is 32.2. The molecule has 3 rings (SSSR count). The third-order valence-electron chi connectivity index (χ3n) is 2.80. The predicted octanol–water partition coefficient (Wildman–Crippen LogP) is 3.42. The van der Waals surface area contributed by atoms with E-state index < -0.39 is 10.0 Å². The highest BCUT2D eigenvalue weighted by Gasteiger charge is 2.18. The summed E-state index contributed by atoms with van der Waals surface area (Å²) >= 11 is 4.22. The van der Waals surface area contributed by atoms with E-state index >= 15 is 0 Å². The van der Waals surface area contributed by atoms with Gasteiger partial charge in [-0.1, -0.05) is 0 Å². The standard InChI is InChI=1S/C13H13N3O2S4/c1-8-6-20-12(15-8)5-14-22(17,18)13-4-3-11(21-13)10-7-19-9(2)16-10/h3-4,6-7,14H,5H2,1-2H3. The number of aromatic nitrogens is 2. The number of hydrogen-bond acceptors (Lipinski definition) is 7. The lowest BCUT2D eigenvalue weighted by molar-refractivity contribution is 0.583. The summed E-state index contributed by atoms with van der Waals surface area (Å²) in [5, 5.41) is 5.55. The summed E-state index contributed by atoms with van der Waals surface area (Å²) in [6.45, 7) is 4.02. The molecule has 3 aromatic heterocycles. The van der Waals surface area contributed by atoms with Gasteiger partial charge in [-0.15, -0.1) is 34.0 Å². The van der Waals surface area contributed by atoms with Crippen molar-refractivity contribution in [2.45, 2.75) is 24.6 Å². The third-order valence-corrected chi connectivity index (χ3v) is 7.54. The molecule has 0 saturated heterocycles. The molecule has 3 aromatic rings. The van der Waals surface area contributed by atoms with Crippen LogP contribution < -0.4 is 4.72 Å². The molecule has 0 aliphatic rings. The van der Waals surface area contributed by atoms with E-state index in [-0.39, 0.29) is 6.54 Å². The number of nitrogens with one attached hydrogen (secondary N) is 1. The Hall–Kier alpha value is -1.13. The lowest BCUT2D eigenvalue weighted by Crippen LogP contribution is -2.22. The number of aryl methyl sites for hydroxylation is 2. The number of rotatable bonds is 5. The highest BCUT2D eigenvalue weighted by molar-refractivity contribution is 7.91. The second-order valence-electron chi connectivity index (χ2n) is 4.58. The number of thiazole rings is 2. The van der Waals surface area contributed by atoms with E-state index in [1.165, 1.54) is 22.7 Å². The van der Waals surface area contributed by atoms with Crippen LogP contribution in [0.2, 0.25) is 0 Å². The lowest BCUT2D eigenvalue weighted by Gasteiger charge is -2.02. The van der Waals surface area contributed by atoms with Gasteiger partial charge in [0.25, 0.3) is 0 Å². The van der Waals surface area contributed by atoms with E-state index in [1.54, 1.807) is 23.5 Å². The summed E-state index contributed by atoms with van der Waals surface area (Å²) in [4.78, 5) is 9.48. The van der Waals surface area contributed by atoms with Gasteiger partial charge in [0.2, 0.25) is 10.0 Å². The quantitative estimate of drug-likeness (QED) is 0.746. The monoisotopic (exact) mass is 371 g/mol. The fraction of sp³-hybridized carbons (Fsp3) is 0.231. The molecule has 0 atom stereocenters. The van der Waals surface area contributed by atoms with Gasteiger partial charge in [-0.05, 0) is 26.0 Å². The Balaban J connectivity index is 1.76. The normalized spacial score (nSPS) is 11.9. The van der Waals surface area contributed by atoms with E-state index in [2.05, 4.69) is 14.7 Å². The van der Waals surface area contributed by atoms with Gasteiger partial charge in [-0.2, -0.15) is 0 Å². The third kappa shape index (κ3) is 3.44. The molecule has 9 heteroatoms. The second-order valence-corrected chi connectivity index (χ2v) is 9.66. The van der Waals surface area contributed by atoms with E-state index in [0.717, 1.165) is 26.3 Å². The molecule has 0 radical (unpaired) electrons. The van der Waals surface area contributed by atoms with Crippen molar-refractivity contribution in [2.75, 3.05) is 0 Å². The van der Waals surface area contributed by atoms with Crippen LogP contribution in [0.1, 0.15) is 15.7 Å². The minimum Gasteiger partial charge on any atom is -0.245 e. The van der Waals surface area contributed by atoms with Gasteiger partial charge in [0.15, 0.2) is 0 Å². The number of hydrogen-bond donors (Lipinski definition) is 1. The molecule has 0 bridgehead atoms. The van der Waals surface area contributed by atoms with Crippen molar-refractivity contribution >= 4 is 44.0 Å². The Morgan fingerprint density at radius 2 is 1.95 bits per heavy atom. The Morgan fingerprint density at radius 3 is 2.59 bits per heavy atom. The highest BCUT2D eigenvalue weighted by Crippen LogP contribution is 2.31. The van der Waals surface area contributed by atoms with Crippen LogP contribution in [0.4, 0.5) is 0 Å². The zero-order valence-corrected chi connectivity index (χ0v) is 15.1. The average molecular weight is 372 g/mol. The summed E-state index contributed by atoms with van der Waals surface area (Å²) in [6, 6.07) is 3.41. The molecule has 0 saturated carbocycles. The van der Waals surface area contributed by atoms with Crippen LogP contribution in [0.5, 0.6) is 0 Å². The lowest BCUT2D eigenvalue weighted by atomic mass is 10.4. The largest absolute Gasteiger partial charge is 0.250 e. The predicted molar refractivity (Wildman–Crippen MR) is 91.0 cm³/mol. The maximum Gasteiger partial charge on any atom is 0.250 e. The zero-order valence-electron chi connectivity index (χ0n) is 11.9. The van der Waals surface area contributed by atoms with Gasteiger partial charge in [0.1, 0.15) is 9.22 Å². The molecule has 5 nitrogen and oxygen atoms in total. The van der Waals surface area contributed by atoms with Gasteiger partial charge >= 0.3 is 0 Å². The average Bonchev–Trinajstić information content (AvgIpc) is 3.16. The molecule has 0 unspecified atom stereocenters. The molecule has 0 spiro atoms. The number of thiophene rings is 1. The van der Waals surface area contributed by atoms with Gasteiger partial charge in [-0.3, -0.25) is 0 Å². The summed E-state index contributed by atoms with van der Waals surface area (Å²) in [7, 11) is -3.52. The fourth-order valence-electron chi connectivity index (χ4n) is 1.79. The fourth-order valence-corrected chi connectivity index (χ4v) is 5.58. The maximum absolute atomic E-state index is 12.3. The van der Waals surface area contributed by atoms with Crippen LogP contribution in [0, 0.1) is 13.8 Å². The Morgan fingerprint density at radius 1 is 1.14 bits per heavy atom. The summed E-state index contributed by atoms with van der Waals surface area (Å²) in [5.41, 5.74) is 1.72. The van der Waals surface area contributed by atoms with E-state index in [9.17, 15) is 8.42 Å². The first-order valence-electron chi connectivity index (χ1n) is 6.37. The first kappa shape index (κ1) is 15.8. The topological polar surface area (TPSA) is 72.0 Å². The van der Waals surface area contributed by atoms with Gasteiger partial charge in [0.05, 0.1) is 22.1 Å². The van der Waals surface area contributed by atoms with E-state index in [1.807, 2.05) is 24.6 Å². The van der Waals surface area contributed by atoms with E-state index in [4.69, 9.17) is 0 Å². The van der Waals surface area contributed by atoms with Crippen LogP contribution >= 0.6 is 34.0 Å². The molecular formula is C13H13N3O2S4. The first-order chi connectivity index (χ1) is 10.4. The van der Waals surface area contributed by atoms with Crippen LogP contribution in [0.3, 0.4) is 0 Å². The molecule has 0 fully saturated rings. The molecule has 3 heterocycles. The molecule has 0 amide bonds. The van der Waals surface area contributed by atoms with Gasteiger partial charge in [-0.25, -0.2) is 23.1 Å². The van der Waals surface area contributed by atoms with Crippen LogP contribution in [0.15, 0.2) is 27.1 Å². The van der Waals surface area contributed by atoms with Crippen molar-refractivity contribution in [1.29, 1.82) is 0 Å². The molecular weight excluding hydrogens is 358 g/mol. The molecule has 0 aromatic carbocycles. The SMILES string of the molecule is Cc1csc(CNS(=O)(=O)c2ccc(-c3csc(C)n3)s2)n1. The molecule has 116 valence electrons. The second kappa shape index (κ2) is 6.17. The van der Waals surface area contributed by atoms with Crippen molar-refractivity contribution < 1.29 is 8.42 Å². The summed E-state index contributed by atoms with van der Waals surface area (Å²) in [6.07, 6.45) is 0. The maximum atomic E-state index is 12.3. The molecule has 22 heavy (non-hydrogen) atoms. The minimum absolute atomic E-state index is 0.212. The Bertz CT molecular complexity index is 892. The van der Waals surface area contributed by atoms with Crippen molar-refractivity contribution in [1.82, 2.24) is 14.7 Å². The van der Waals surface area contributed by atoms with E-state index in [0.29, 0.717) is 4.21 Å². The van der Waals surface area contributed by atoms with Crippen molar-refractivity contribution in [3.05, 3.63) is 38.6 Å². The van der Waals surface area contributed by atoms with Crippen LogP contribution in [-0.2, 0) is 16.6 Å². The molecule has 0 aliphatic heterocycles. The van der Waals surface area contributed by atoms with Crippen molar-refractivity contribution in [3.8, 4) is 10.6 Å². The molecule has 0 aliphatic carbocycles. The Kier molecular flexibility index (Phi) is 4.42. The first-order valence-corrected chi connectivity index (χ1v) is 10.4. The van der Waals surface area contributed by atoms with Gasteiger partial charge in [0, 0.05) is 16.5 Å². The summed E-state index contributed by atoms with van der Waals surface area (Å²) < 4.78 is 27.5. The smallest absolute Gasteiger partial charge is 0.245 e. The van der Waals surface area contributed by atoms with Crippen LogP contribution in [0.25, 0.3) is 10.6 Å². The number of nitrogens with zero attached hydrogens (tertiary/aromatic N) is 2. The van der Waals surface area contributed by atoms with Crippen molar-refractivity contribution in [2.24, 2.45) is 0 Å². The summed E-state index contributed by atoms with van der Waals surface area (Å²) in [5.74, 6) is 0. The van der Waals surface area contributed by atoms with Gasteiger partial charge < -0.3 is 0 Å².